The second-order valence-electron chi connectivity index (χ2n) is 7.14. The lowest BCUT2D eigenvalue weighted by atomic mass is 9.87. The Morgan fingerprint density at radius 3 is 3.00 bits per heavy atom. The van der Waals surface area contributed by atoms with Crippen LogP contribution in [0.1, 0.15) is 38.0 Å². The summed E-state index contributed by atoms with van der Waals surface area (Å²) in [5.41, 5.74) is 0.422. The van der Waals surface area contributed by atoms with Crippen molar-refractivity contribution in [3.63, 3.8) is 0 Å². The summed E-state index contributed by atoms with van der Waals surface area (Å²) in [7, 11) is 3.88. The van der Waals surface area contributed by atoms with E-state index in [0.29, 0.717) is 17.3 Å². The first-order valence-electron chi connectivity index (χ1n) is 8.00. The number of piperidine rings is 1. The van der Waals surface area contributed by atoms with E-state index in [1.54, 1.807) is 0 Å². The van der Waals surface area contributed by atoms with E-state index in [4.69, 9.17) is 4.52 Å². The smallest absolute Gasteiger partial charge is 0.265 e. The number of nitrogens with one attached hydrogen (secondary N) is 1. The van der Waals surface area contributed by atoms with Gasteiger partial charge in [0.15, 0.2) is 0 Å². The van der Waals surface area contributed by atoms with Crippen LogP contribution in [0.25, 0.3) is 0 Å². The van der Waals surface area contributed by atoms with E-state index in [1.807, 2.05) is 19.0 Å². The maximum absolute atomic E-state index is 5.47. The zero-order chi connectivity index (χ0) is 14.9. The van der Waals surface area contributed by atoms with Crippen molar-refractivity contribution in [1.29, 1.82) is 0 Å². The number of hydrogen-bond donors (Lipinski definition) is 1. The van der Waals surface area contributed by atoms with Crippen molar-refractivity contribution in [2.24, 2.45) is 5.41 Å². The van der Waals surface area contributed by atoms with E-state index in [1.165, 1.54) is 25.9 Å². The molecule has 1 aromatic rings. The van der Waals surface area contributed by atoms with Gasteiger partial charge < -0.3 is 19.6 Å². The Hall–Kier alpha value is -1.14. The average molecular weight is 293 g/mol. The van der Waals surface area contributed by atoms with Gasteiger partial charge in [-0.15, -0.1) is 0 Å². The number of nitrogens with zero attached hydrogens (tertiary/aromatic N) is 4. The van der Waals surface area contributed by atoms with Crippen LogP contribution in [-0.4, -0.2) is 61.9 Å². The van der Waals surface area contributed by atoms with Crippen molar-refractivity contribution >= 4 is 5.95 Å². The van der Waals surface area contributed by atoms with Gasteiger partial charge in [0.2, 0.25) is 5.89 Å². The maximum Gasteiger partial charge on any atom is 0.265 e. The molecule has 6 nitrogen and oxygen atoms in total. The predicted octanol–water partition coefficient (Wildman–Crippen LogP) is 1.31. The lowest BCUT2D eigenvalue weighted by Gasteiger charge is -2.36. The topological polar surface area (TPSA) is 57.4 Å². The molecule has 0 spiro atoms. The lowest BCUT2D eigenvalue weighted by Crippen LogP contribution is -2.42. The first-order valence-corrected chi connectivity index (χ1v) is 8.00. The molecule has 21 heavy (non-hydrogen) atoms. The minimum atomic E-state index is 0.387. The molecule has 2 unspecified atom stereocenters. The van der Waals surface area contributed by atoms with Gasteiger partial charge >= 0.3 is 0 Å². The number of aromatic nitrogens is 2. The van der Waals surface area contributed by atoms with E-state index in [0.717, 1.165) is 31.9 Å². The summed E-state index contributed by atoms with van der Waals surface area (Å²) in [4.78, 5) is 9.00. The molecule has 0 bridgehead atoms. The van der Waals surface area contributed by atoms with Crippen LogP contribution < -0.4 is 10.2 Å². The van der Waals surface area contributed by atoms with Crippen LogP contribution in [-0.2, 0) is 0 Å². The molecule has 3 heterocycles. The summed E-state index contributed by atoms with van der Waals surface area (Å²) in [5.74, 6) is 1.87. The molecule has 0 aromatic carbocycles. The standard InChI is InChI=1S/C15H27N5O/c1-15(6-7-16-10-15)11-20-8-4-5-12(9-20)13-17-14(18-21-13)19(2)3/h12,16H,4-11H2,1-3H3. The molecule has 2 fully saturated rings. The summed E-state index contributed by atoms with van der Waals surface area (Å²) in [6, 6.07) is 0. The van der Waals surface area contributed by atoms with Crippen molar-refractivity contribution < 1.29 is 4.52 Å². The van der Waals surface area contributed by atoms with Gasteiger partial charge in [0.1, 0.15) is 0 Å². The van der Waals surface area contributed by atoms with Gasteiger partial charge in [0, 0.05) is 33.7 Å². The van der Waals surface area contributed by atoms with E-state index in [9.17, 15) is 0 Å². The molecule has 0 saturated carbocycles. The highest BCUT2D eigenvalue weighted by Gasteiger charge is 2.33. The van der Waals surface area contributed by atoms with Gasteiger partial charge in [0.25, 0.3) is 5.95 Å². The molecule has 0 radical (unpaired) electrons. The molecule has 2 atom stereocenters. The molecule has 2 aliphatic rings. The Morgan fingerprint density at radius 1 is 1.48 bits per heavy atom. The normalized spacial score (nSPS) is 30.7. The molecule has 6 heteroatoms. The minimum absolute atomic E-state index is 0.387. The second-order valence-corrected chi connectivity index (χ2v) is 7.14. The summed E-state index contributed by atoms with van der Waals surface area (Å²) in [6.07, 6.45) is 3.65. The molecule has 1 aromatic heterocycles. The molecule has 3 rings (SSSR count). The highest BCUT2D eigenvalue weighted by atomic mass is 16.5. The Morgan fingerprint density at radius 2 is 2.33 bits per heavy atom. The van der Waals surface area contributed by atoms with Crippen LogP contribution in [0.5, 0.6) is 0 Å². The van der Waals surface area contributed by atoms with Crippen molar-refractivity contribution in [2.75, 3.05) is 51.7 Å². The molecule has 0 aliphatic carbocycles. The molecule has 2 aliphatic heterocycles. The van der Waals surface area contributed by atoms with Crippen molar-refractivity contribution in [3.05, 3.63) is 5.89 Å². The number of rotatable bonds is 4. The highest BCUT2D eigenvalue weighted by Crippen LogP contribution is 2.31. The van der Waals surface area contributed by atoms with Gasteiger partial charge in [-0.25, -0.2) is 0 Å². The summed E-state index contributed by atoms with van der Waals surface area (Å²) >= 11 is 0. The van der Waals surface area contributed by atoms with Crippen LogP contribution in [0.3, 0.4) is 0 Å². The Kier molecular flexibility index (Phi) is 4.17. The zero-order valence-electron chi connectivity index (χ0n) is 13.4. The van der Waals surface area contributed by atoms with Crippen molar-refractivity contribution in [3.8, 4) is 0 Å². The first-order chi connectivity index (χ1) is 10.1. The quantitative estimate of drug-likeness (QED) is 0.903. The summed E-state index contributed by atoms with van der Waals surface area (Å²) in [5, 5.41) is 7.53. The fourth-order valence-corrected chi connectivity index (χ4v) is 3.52. The van der Waals surface area contributed by atoms with Crippen molar-refractivity contribution in [1.82, 2.24) is 20.4 Å². The monoisotopic (exact) mass is 293 g/mol. The fourth-order valence-electron chi connectivity index (χ4n) is 3.52. The fraction of sp³-hybridized carbons (Fsp3) is 0.867. The summed E-state index contributed by atoms with van der Waals surface area (Å²) < 4.78 is 5.47. The summed E-state index contributed by atoms with van der Waals surface area (Å²) in [6.45, 7) is 8.10. The Labute approximate surface area is 126 Å². The van der Waals surface area contributed by atoms with Crippen LogP contribution in [0, 0.1) is 5.41 Å². The van der Waals surface area contributed by atoms with Gasteiger partial charge in [0.05, 0.1) is 5.92 Å². The average Bonchev–Trinajstić information content (AvgIpc) is 3.08. The zero-order valence-corrected chi connectivity index (χ0v) is 13.4. The third-order valence-electron chi connectivity index (χ3n) is 4.75. The van der Waals surface area contributed by atoms with Crippen LogP contribution >= 0.6 is 0 Å². The number of anilines is 1. The van der Waals surface area contributed by atoms with Crippen LogP contribution in [0.2, 0.25) is 0 Å². The van der Waals surface area contributed by atoms with Crippen LogP contribution in [0.15, 0.2) is 4.52 Å². The molecular formula is C15H27N5O. The molecule has 118 valence electrons. The number of likely N-dealkylation sites (tertiary alicyclic amines) is 1. The van der Waals surface area contributed by atoms with Crippen LogP contribution in [0.4, 0.5) is 5.95 Å². The number of hydrogen-bond acceptors (Lipinski definition) is 6. The highest BCUT2D eigenvalue weighted by molar-refractivity contribution is 5.24. The van der Waals surface area contributed by atoms with E-state index < -0.39 is 0 Å². The Bertz CT molecular complexity index is 466. The molecule has 1 N–H and O–H groups in total. The SMILES string of the molecule is CN(C)c1noc(C2CCCN(CC3(C)CCNC3)C2)n1. The van der Waals surface area contributed by atoms with E-state index in [-0.39, 0.29) is 0 Å². The third-order valence-corrected chi connectivity index (χ3v) is 4.75. The third kappa shape index (κ3) is 3.37. The minimum Gasteiger partial charge on any atom is -0.344 e. The van der Waals surface area contributed by atoms with Gasteiger partial charge in [-0.1, -0.05) is 6.92 Å². The molecule has 0 amide bonds. The first kappa shape index (κ1) is 14.8. The lowest BCUT2D eigenvalue weighted by molar-refractivity contribution is 0.131. The van der Waals surface area contributed by atoms with E-state index in [2.05, 4.69) is 27.3 Å². The predicted molar refractivity (Wildman–Crippen MR) is 82.6 cm³/mol. The van der Waals surface area contributed by atoms with Gasteiger partial charge in [-0.05, 0) is 42.9 Å². The largest absolute Gasteiger partial charge is 0.344 e. The molecule has 2 saturated heterocycles. The van der Waals surface area contributed by atoms with E-state index >= 15 is 0 Å². The van der Waals surface area contributed by atoms with Crippen molar-refractivity contribution in [2.45, 2.75) is 32.1 Å². The second kappa shape index (κ2) is 5.93. The van der Waals surface area contributed by atoms with Gasteiger partial charge in [-0.3, -0.25) is 0 Å². The molecular weight excluding hydrogens is 266 g/mol. The maximum atomic E-state index is 5.47. The van der Waals surface area contributed by atoms with Gasteiger partial charge in [-0.2, -0.15) is 4.98 Å². The Balaban J connectivity index is 1.62.